The number of hydrogen-bond donors (Lipinski definition) is 1. The molecular weight excluding hydrogens is 272 g/mol. The summed E-state index contributed by atoms with van der Waals surface area (Å²) in [6.07, 6.45) is 9.87. The third kappa shape index (κ3) is 2.10. The van der Waals surface area contributed by atoms with Gasteiger partial charge in [-0.25, -0.2) is 0 Å². The zero-order chi connectivity index (χ0) is 15.6. The third-order valence-electron chi connectivity index (χ3n) is 5.56. The van der Waals surface area contributed by atoms with Gasteiger partial charge in [0.15, 0.2) is 0 Å². The average Bonchev–Trinajstić information content (AvgIpc) is 2.57. The molecule has 0 radical (unpaired) electrons. The molecule has 0 amide bonds. The van der Waals surface area contributed by atoms with E-state index in [1.165, 1.54) is 24.1 Å². The van der Waals surface area contributed by atoms with Gasteiger partial charge in [0.25, 0.3) is 0 Å². The quantitative estimate of drug-likeness (QED) is 0.688. The van der Waals surface area contributed by atoms with Crippen molar-refractivity contribution in [2.75, 3.05) is 0 Å². The van der Waals surface area contributed by atoms with Gasteiger partial charge in [-0.15, -0.1) is 0 Å². The van der Waals surface area contributed by atoms with E-state index in [-0.39, 0.29) is 16.9 Å². The molecule has 1 aliphatic heterocycles. The zero-order valence-electron chi connectivity index (χ0n) is 12.8. The highest BCUT2D eigenvalue weighted by molar-refractivity contribution is 5.48. The van der Waals surface area contributed by atoms with Crippen molar-refractivity contribution in [1.82, 2.24) is 5.32 Å². The summed E-state index contributed by atoms with van der Waals surface area (Å²) in [5.41, 5.74) is 3.12. The lowest BCUT2D eigenvalue weighted by Gasteiger charge is -2.49. The van der Waals surface area contributed by atoms with E-state index in [4.69, 9.17) is 0 Å². The second-order valence-electron chi connectivity index (χ2n) is 6.58. The van der Waals surface area contributed by atoms with Gasteiger partial charge in [-0.05, 0) is 44.1 Å². The first-order valence-corrected chi connectivity index (χ1v) is 8.20. The summed E-state index contributed by atoms with van der Waals surface area (Å²) in [5.74, 6) is -0.376. The fourth-order valence-electron chi connectivity index (χ4n) is 4.59. The van der Waals surface area contributed by atoms with E-state index >= 15 is 0 Å². The summed E-state index contributed by atoms with van der Waals surface area (Å²) in [4.78, 5) is 0. The van der Waals surface area contributed by atoms with Crippen LogP contribution in [0.25, 0.3) is 0 Å². The maximum Gasteiger partial charge on any atom is 0.150 e. The number of nitrogens with one attached hydrogen (secondary N) is 1. The van der Waals surface area contributed by atoms with Crippen LogP contribution < -0.4 is 5.32 Å². The van der Waals surface area contributed by atoms with Gasteiger partial charge in [-0.2, -0.15) is 15.8 Å². The molecule has 1 heterocycles. The molecule has 4 nitrogen and oxygen atoms in total. The molecule has 3 rings (SSSR count). The molecule has 3 aliphatic rings. The van der Waals surface area contributed by atoms with Gasteiger partial charge in [-0.1, -0.05) is 19.3 Å². The van der Waals surface area contributed by atoms with E-state index in [9.17, 15) is 15.8 Å². The summed E-state index contributed by atoms with van der Waals surface area (Å²) in [5, 5.41) is 31.7. The van der Waals surface area contributed by atoms with Gasteiger partial charge < -0.3 is 5.32 Å². The van der Waals surface area contributed by atoms with Crippen LogP contribution in [0.1, 0.15) is 57.8 Å². The molecular formula is C18H20N4. The fraction of sp³-hybridized carbons (Fsp3) is 0.611. The van der Waals surface area contributed by atoms with Gasteiger partial charge in [0, 0.05) is 11.1 Å². The normalized spacial score (nSPS) is 26.2. The molecule has 1 fully saturated rings. The number of nitrogens with zero attached hydrogens (tertiary/aromatic N) is 3. The lowest BCUT2D eigenvalue weighted by Crippen LogP contribution is -2.45. The smallest absolute Gasteiger partial charge is 0.150 e. The number of rotatable bonds is 0. The number of allylic oxidation sites excluding steroid dienone is 4. The maximum atomic E-state index is 9.84. The summed E-state index contributed by atoms with van der Waals surface area (Å²) in [6, 6.07) is 6.41. The van der Waals surface area contributed by atoms with Crippen LogP contribution in [0.2, 0.25) is 0 Å². The monoisotopic (exact) mass is 292 g/mol. The largest absolute Gasteiger partial charge is 0.360 e. The molecule has 112 valence electrons. The maximum absolute atomic E-state index is 9.84. The molecule has 1 N–H and O–H groups in total. The van der Waals surface area contributed by atoms with E-state index in [2.05, 4.69) is 11.4 Å². The van der Waals surface area contributed by atoms with E-state index in [1.807, 2.05) is 12.1 Å². The lowest BCUT2D eigenvalue weighted by molar-refractivity contribution is 0.168. The Hall–Kier alpha value is -2.25. The van der Waals surface area contributed by atoms with Crippen molar-refractivity contribution < 1.29 is 0 Å². The standard InChI is InChI=1S/C18H20N4/c19-10-13(11-20)17-15(12-21)18(8-4-1-5-9-18)14-6-2-3-7-16(14)22-17/h15,22H,1-9H2. The first-order valence-electron chi connectivity index (χ1n) is 8.20. The van der Waals surface area contributed by atoms with Crippen LogP contribution in [-0.4, -0.2) is 0 Å². The van der Waals surface area contributed by atoms with Crippen LogP contribution in [0, 0.1) is 45.3 Å². The summed E-state index contributed by atoms with van der Waals surface area (Å²) in [7, 11) is 0. The molecule has 22 heavy (non-hydrogen) atoms. The van der Waals surface area contributed by atoms with Gasteiger partial charge in [-0.3, -0.25) is 0 Å². The highest BCUT2D eigenvalue weighted by atomic mass is 14.9. The SMILES string of the molecule is N#CC(C#N)=C1NC2=C(CCCC2)C2(CCCCC2)C1C#N. The summed E-state index contributed by atoms with van der Waals surface area (Å²) < 4.78 is 0. The van der Waals surface area contributed by atoms with Crippen LogP contribution in [0.4, 0.5) is 0 Å². The van der Waals surface area contributed by atoms with Crippen molar-refractivity contribution >= 4 is 0 Å². The van der Waals surface area contributed by atoms with Crippen LogP contribution in [-0.2, 0) is 0 Å². The molecule has 1 atom stereocenters. The van der Waals surface area contributed by atoms with Gasteiger partial charge >= 0.3 is 0 Å². The Bertz CT molecular complexity index is 641. The molecule has 2 aliphatic carbocycles. The second kappa shape index (κ2) is 5.86. The third-order valence-corrected chi connectivity index (χ3v) is 5.56. The first-order chi connectivity index (χ1) is 10.8. The Kier molecular flexibility index (Phi) is 3.91. The van der Waals surface area contributed by atoms with Crippen LogP contribution >= 0.6 is 0 Å². The summed E-state index contributed by atoms with van der Waals surface area (Å²) >= 11 is 0. The fourth-order valence-corrected chi connectivity index (χ4v) is 4.59. The molecule has 0 bridgehead atoms. The van der Waals surface area contributed by atoms with Crippen LogP contribution in [0.15, 0.2) is 22.5 Å². The minimum absolute atomic E-state index is 0.0774. The number of hydrogen-bond acceptors (Lipinski definition) is 4. The minimum atomic E-state index is -0.376. The van der Waals surface area contributed by atoms with Gasteiger partial charge in [0.05, 0.1) is 17.7 Å². The summed E-state index contributed by atoms with van der Waals surface area (Å²) in [6.45, 7) is 0. The Morgan fingerprint density at radius 1 is 0.955 bits per heavy atom. The minimum Gasteiger partial charge on any atom is -0.360 e. The number of fused-ring (bicyclic) bond motifs is 1. The van der Waals surface area contributed by atoms with Crippen molar-refractivity contribution in [3.05, 3.63) is 22.5 Å². The Morgan fingerprint density at radius 2 is 1.64 bits per heavy atom. The molecule has 1 unspecified atom stereocenters. The number of nitriles is 3. The van der Waals surface area contributed by atoms with Crippen molar-refractivity contribution in [2.45, 2.75) is 57.8 Å². The van der Waals surface area contributed by atoms with Crippen LogP contribution in [0.3, 0.4) is 0 Å². The van der Waals surface area contributed by atoms with Gasteiger partial charge in [0.1, 0.15) is 17.7 Å². The Labute approximate surface area is 131 Å². The molecule has 4 heteroatoms. The predicted molar refractivity (Wildman–Crippen MR) is 81.5 cm³/mol. The molecule has 0 aromatic rings. The van der Waals surface area contributed by atoms with E-state index < -0.39 is 0 Å². The predicted octanol–water partition coefficient (Wildman–Crippen LogP) is 3.81. The highest BCUT2D eigenvalue weighted by Crippen LogP contribution is 2.56. The highest BCUT2D eigenvalue weighted by Gasteiger charge is 2.49. The van der Waals surface area contributed by atoms with E-state index in [0.717, 1.165) is 44.9 Å². The molecule has 1 saturated carbocycles. The van der Waals surface area contributed by atoms with Gasteiger partial charge in [0.2, 0.25) is 0 Å². The topological polar surface area (TPSA) is 83.4 Å². The van der Waals surface area contributed by atoms with Crippen molar-refractivity contribution in [3.8, 4) is 18.2 Å². The van der Waals surface area contributed by atoms with Crippen LogP contribution in [0.5, 0.6) is 0 Å². The Morgan fingerprint density at radius 3 is 2.27 bits per heavy atom. The van der Waals surface area contributed by atoms with Crippen molar-refractivity contribution in [1.29, 1.82) is 15.8 Å². The first kappa shape index (κ1) is 14.7. The lowest BCUT2D eigenvalue weighted by atomic mass is 9.57. The zero-order valence-corrected chi connectivity index (χ0v) is 12.8. The van der Waals surface area contributed by atoms with Crippen molar-refractivity contribution in [2.24, 2.45) is 11.3 Å². The van der Waals surface area contributed by atoms with Crippen molar-refractivity contribution in [3.63, 3.8) is 0 Å². The second-order valence-corrected chi connectivity index (χ2v) is 6.58. The molecule has 0 aromatic carbocycles. The van der Waals surface area contributed by atoms with E-state index in [1.54, 1.807) is 0 Å². The molecule has 1 spiro atoms. The molecule has 0 saturated heterocycles. The molecule has 0 aromatic heterocycles. The Balaban J connectivity index is 2.20. The average molecular weight is 292 g/mol. The van der Waals surface area contributed by atoms with E-state index in [0.29, 0.717) is 5.70 Å².